The van der Waals surface area contributed by atoms with Crippen LogP contribution in [0, 0.1) is 5.41 Å². The number of amides is 3. The second-order valence-corrected chi connectivity index (χ2v) is 19.1. The van der Waals surface area contributed by atoms with Crippen molar-refractivity contribution < 1.29 is 19.5 Å². The number of fused-ring (bicyclic) bond motifs is 7. The van der Waals surface area contributed by atoms with Crippen LogP contribution in [0.1, 0.15) is 86.3 Å². The van der Waals surface area contributed by atoms with E-state index in [2.05, 4.69) is 48.5 Å². The zero-order valence-electron chi connectivity index (χ0n) is 36.8. The van der Waals surface area contributed by atoms with Crippen molar-refractivity contribution >= 4 is 51.8 Å². The van der Waals surface area contributed by atoms with Gasteiger partial charge in [0, 0.05) is 80.6 Å². The van der Waals surface area contributed by atoms with Crippen molar-refractivity contribution in [3.05, 3.63) is 106 Å². The van der Waals surface area contributed by atoms with E-state index in [-0.39, 0.29) is 29.7 Å². The van der Waals surface area contributed by atoms with E-state index in [0.29, 0.717) is 77.9 Å². The average molecular weight is 878 g/mol. The molecule has 1 spiro atoms. The molecule has 9 heterocycles. The van der Waals surface area contributed by atoms with Crippen molar-refractivity contribution in [2.45, 2.75) is 95.5 Å². The molecule has 65 heavy (non-hydrogen) atoms. The summed E-state index contributed by atoms with van der Waals surface area (Å²) in [5.41, 5.74) is 4.70. The first-order chi connectivity index (χ1) is 31.5. The van der Waals surface area contributed by atoms with Crippen LogP contribution in [0.4, 0.5) is 23.0 Å². The van der Waals surface area contributed by atoms with Crippen molar-refractivity contribution in [3.8, 4) is 5.82 Å². The quantitative estimate of drug-likeness (QED) is 0.154. The summed E-state index contributed by atoms with van der Waals surface area (Å²) >= 11 is 0. The van der Waals surface area contributed by atoms with Crippen LogP contribution in [0.2, 0.25) is 0 Å². The van der Waals surface area contributed by atoms with Gasteiger partial charge in [0.05, 0.1) is 12.2 Å². The number of aromatic nitrogens is 5. The van der Waals surface area contributed by atoms with Crippen LogP contribution >= 0.6 is 0 Å². The zero-order chi connectivity index (χ0) is 44.5. The van der Waals surface area contributed by atoms with Gasteiger partial charge in [0.2, 0.25) is 17.8 Å². The minimum absolute atomic E-state index is 0.120. The third-order valence-corrected chi connectivity index (χ3v) is 15.1. The molecule has 3 amide bonds. The van der Waals surface area contributed by atoms with E-state index in [1.54, 1.807) is 27.4 Å². The molecular formula is C49H55N11O5. The Kier molecular flexibility index (Phi) is 10.3. The van der Waals surface area contributed by atoms with Crippen LogP contribution in [0.3, 0.4) is 0 Å². The zero-order valence-corrected chi connectivity index (χ0v) is 36.8. The molecule has 16 heteroatoms. The lowest BCUT2D eigenvalue weighted by Crippen LogP contribution is -2.52. The van der Waals surface area contributed by atoms with Gasteiger partial charge in [0.1, 0.15) is 17.0 Å². The molecule has 3 N–H and O–H groups in total. The van der Waals surface area contributed by atoms with E-state index < -0.39 is 11.6 Å². The molecule has 11 rings (SSSR count). The lowest BCUT2D eigenvalue weighted by atomic mass is 9.77. The molecule has 0 radical (unpaired) electrons. The topological polar surface area (TPSA) is 174 Å². The average Bonchev–Trinajstić information content (AvgIpc) is 3.96. The third kappa shape index (κ3) is 7.65. The Labute approximate surface area is 376 Å². The highest BCUT2D eigenvalue weighted by atomic mass is 16.3. The maximum atomic E-state index is 13.6. The highest BCUT2D eigenvalue weighted by molar-refractivity contribution is 6.05. The molecule has 2 atom stereocenters. The molecule has 5 aromatic rings. The molecule has 6 aliphatic rings. The summed E-state index contributed by atoms with van der Waals surface area (Å²) in [6.45, 7) is 8.73. The maximum absolute atomic E-state index is 13.6. The van der Waals surface area contributed by atoms with Crippen LogP contribution in [0.25, 0.3) is 16.9 Å². The van der Waals surface area contributed by atoms with Gasteiger partial charge >= 0.3 is 0 Å². The van der Waals surface area contributed by atoms with Gasteiger partial charge in [-0.15, -0.1) is 0 Å². The molecule has 4 saturated heterocycles. The Hall–Kier alpha value is -6.39. The molecule has 2 bridgehead atoms. The van der Waals surface area contributed by atoms with Gasteiger partial charge in [0.15, 0.2) is 11.5 Å². The molecule has 4 fully saturated rings. The molecule has 3 aromatic heterocycles. The van der Waals surface area contributed by atoms with E-state index in [0.717, 1.165) is 81.9 Å². The smallest absolute Gasteiger partial charge is 0.278 e. The number of nitrogens with zero attached hydrogens (tertiary/aromatic N) is 9. The van der Waals surface area contributed by atoms with Gasteiger partial charge in [-0.25, -0.2) is 19.3 Å². The minimum Gasteiger partial charge on any atom is -0.384 e. The second-order valence-electron chi connectivity index (χ2n) is 19.1. The number of carbonyl (C=O) groups is 3. The number of imide groups is 1. The molecule has 16 nitrogen and oxygen atoms in total. The second kappa shape index (κ2) is 16.2. The molecule has 0 saturated carbocycles. The SMILES string of the molecule is C[C@@]1(O)CC/C=C\Cn2c(=O)c3cnc(Nc4ccc(N5CCC(N6CCC7(CCN(c8ccc9c(c8)C(=O)N(C8CCC(=O)NC8=O)C9)CC7)C6)CC5)cc4)nc3n2-c2cccc1n2. The summed E-state index contributed by atoms with van der Waals surface area (Å²) < 4.78 is 3.33. The van der Waals surface area contributed by atoms with Crippen LogP contribution in [0.5, 0.6) is 0 Å². The van der Waals surface area contributed by atoms with E-state index in [4.69, 9.17) is 9.97 Å². The molecule has 0 aliphatic carbocycles. The number of allylic oxidation sites excluding steroid dienone is 2. The summed E-state index contributed by atoms with van der Waals surface area (Å²) in [4.78, 5) is 74.7. The number of piperidine rings is 3. The Bertz CT molecular complexity index is 2780. The number of likely N-dealkylation sites (tertiary alicyclic amines) is 1. The van der Waals surface area contributed by atoms with E-state index in [9.17, 15) is 24.3 Å². The number of hydrogen-bond acceptors (Lipinski definition) is 12. The number of hydrogen-bond donors (Lipinski definition) is 3. The van der Waals surface area contributed by atoms with Gasteiger partial charge in [0.25, 0.3) is 11.5 Å². The monoisotopic (exact) mass is 877 g/mol. The number of nitrogens with one attached hydrogen (secondary N) is 2. The van der Waals surface area contributed by atoms with Crippen LogP contribution in [0.15, 0.2) is 83.8 Å². The normalized spacial score (nSPS) is 24.2. The fraction of sp³-hybridized carbons (Fsp3) is 0.449. The van der Waals surface area contributed by atoms with Gasteiger partial charge in [-0.3, -0.25) is 29.4 Å². The number of aliphatic hydroxyl groups is 1. The van der Waals surface area contributed by atoms with Crippen molar-refractivity contribution in [2.24, 2.45) is 5.41 Å². The molecule has 2 aromatic carbocycles. The van der Waals surface area contributed by atoms with Crippen molar-refractivity contribution in [2.75, 3.05) is 54.4 Å². The van der Waals surface area contributed by atoms with Crippen molar-refractivity contribution in [3.63, 3.8) is 0 Å². The van der Waals surface area contributed by atoms with E-state index in [1.807, 2.05) is 54.6 Å². The number of carbonyl (C=O) groups excluding carboxylic acids is 3. The molecular weight excluding hydrogens is 823 g/mol. The highest BCUT2D eigenvalue weighted by Crippen LogP contribution is 2.43. The lowest BCUT2D eigenvalue weighted by Gasteiger charge is -2.42. The summed E-state index contributed by atoms with van der Waals surface area (Å²) in [6.07, 6.45) is 13.0. The fourth-order valence-electron chi connectivity index (χ4n) is 11.2. The molecule has 336 valence electrons. The number of anilines is 4. The Morgan fingerprint density at radius 3 is 2.40 bits per heavy atom. The number of benzene rings is 2. The Morgan fingerprint density at radius 2 is 1.60 bits per heavy atom. The van der Waals surface area contributed by atoms with Crippen LogP contribution in [-0.2, 0) is 28.3 Å². The van der Waals surface area contributed by atoms with Crippen LogP contribution in [-0.4, -0.2) is 108 Å². The van der Waals surface area contributed by atoms with Gasteiger partial charge < -0.3 is 25.1 Å². The summed E-state index contributed by atoms with van der Waals surface area (Å²) in [5, 5.41) is 17.3. The van der Waals surface area contributed by atoms with Gasteiger partial charge in [-0.1, -0.05) is 24.3 Å². The Morgan fingerprint density at radius 1 is 0.831 bits per heavy atom. The van der Waals surface area contributed by atoms with Crippen LogP contribution < -0.4 is 26.0 Å². The van der Waals surface area contributed by atoms with Crippen molar-refractivity contribution in [1.29, 1.82) is 0 Å². The van der Waals surface area contributed by atoms with Gasteiger partial charge in [-0.05, 0) is 124 Å². The maximum Gasteiger partial charge on any atom is 0.278 e. The third-order valence-electron chi connectivity index (χ3n) is 15.1. The summed E-state index contributed by atoms with van der Waals surface area (Å²) in [6, 6.07) is 20.0. The van der Waals surface area contributed by atoms with E-state index in [1.165, 1.54) is 12.1 Å². The number of pyridine rings is 1. The standard InChI is InChI=1S/C49H55N11O5/c1-48(65)18-3-2-4-22-59-46(64)38-29-50-47(54-43(38)60(59)41-7-5-6-40(48)52-41)51-33-9-12-34(13-10-33)55-23-16-35(17-24-55)57-27-21-49(31-57)19-25-56(26-20-49)36-11-8-32-30-58(45(63)37(32)28-36)39-14-15-42(61)53-44(39)62/h2,4-13,28-29,35,39,65H,3,14-27,30-31H2,1H3,(H,50,51,54)(H,53,61,62)/b4-2-/t39?,48-/m1/s1. The van der Waals surface area contributed by atoms with Crippen molar-refractivity contribution in [1.82, 2.24) is 39.4 Å². The number of rotatable bonds is 6. The summed E-state index contributed by atoms with van der Waals surface area (Å²) in [5.74, 6) is 0.103. The largest absolute Gasteiger partial charge is 0.384 e. The van der Waals surface area contributed by atoms with E-state index >= 15 is 0 Å². The highest BCUT2D eigenvalue weighted by Gasteiger charge is 2.44. The fourth-order valence-corrected chi connectivity index (χ4v) is 11.2. The predicted octanol–water partition coefficient (Wildman–Crippen LogP) is 5.00. The molecule has 6 aliphatic heterocycles. The summed E-state index contributed by atoms with van der Waals surface area (Å²) in [7, 11) is 0. The lowest BCUT2D eigenvalue weighted by molar-refractivity contribution is -0.136. The minimum atomic E-state index is -1.12. The predicted molar refractivity (Wildman–Crippen MR) is 246 cm³/mol. The molecule has 1 unspecified atom stereocenters. The first kappa shape index (κ1) is 41.3. The van der Waals surface area contributed by atoms with Gasteiger partial charge in [-0.2, -0.15) is 4.98 Å². The first-order valence-corrected chi connectivity index (χ1v) is 23.2. The Balaban J connectivity index is 0.693. The first-order valence-electron chi connectivity index (χ1n) is 23.2.